The second-order valence-corrected chi connectivity index (χ2v) is 10.1. The first-order valence-corrected chi connectivity index (χ1v) is 15.1. The first kappa shape index (κ1) is 32.2. The highest BCUT2D eigenvalue weighted by atomic mass is 16.5. The van der Waals surface area contributed by atoms with Crippen LogP contribution >= 0.6 is 0 Å². The van der Waals surface area contributed by atoms with Crippen molar-refractivity contribution in [3.8, 4) is 0 Å². The average molecular weight is 465 g/mol. The highest BCUT2D eigenvalue weighted by Gasteiger charge is 2.01. The molecule has 0 amide bonds. The third kappa shape index (κ3) is 29.2. The van der Waals surface area contributed by atoms with E-state index in [9.17, 15) is 4.79 Å². The van der Waals surface area contributed by atoms with Gasteiger partial charge in [0.05, 0.1) is 0 Å². The summed E-state index contributed by atoms with van der Waals surface area (Å²) in [5, 5.41) is 0. The van der Waals surface area contributed by atoms with Crippen LogP contribution in [0.5, 0.6) is 0 Å². The van der Waals surface area contributed by atoms with E-state index in [1.54, 1.807) is 0 Å². The predicted octanol–water partition coefficient (Wildman–Crippen LogP) is 10.9. The molecule has 0 aliphatic carbocycles. The Morgan fingerprint density at radius 2 is 0.848 bits per heavy atom. The van der Waals surface area contributed by atoms with Gasteiger partial charge in [-0.2, -0.15) is 0 Å². The number of hydrogen-bond donors (Lipinski definition) is 0. The molecule has 0 fully saturated rings. The van der Waals surface area contributed by atoms with Crippen LogP contribution in [-0.4, -0.2) is 12.6 Å². The Morgan fingerprint density at radius 3 is 1.21 bits per heavy atom. The molecule has 0 heterocycles. The maximum absolute atomic E-state index is 11.6. The lowest BCUT2D eigenvalue weighted by molar-refractivity contribution is -0.142. The topological polar surface area (TPSA) is 26.3 Å². The van der Waals surface area contributed by atoms with E-state index >= 15 is 0 Å². The SMILES string of the molecule is CCC/C=C/COC(=O)CCCCCCCCCCCCCCCCCCCCCCCC. The second-order valence-electron chi connectivity index (χ2n) is 10.1. The van der Waals surface area contributed by atoms with E-state index in [-0.39, 0.29) is 5.97 Å². The maximum atomic E-state index is 11.6. The van der Waals surface area contributed by atoms with Crippen molar-refractivity contribution in [2.75, 3.05) is 6.61 Å². The molecule has 0 aliphatic heterocycles. The van der Waals surface area contributed by atoms with Gasteiger partial charge in [0.25, 0.3) is 0 Å². The third-order valence-corrected chi connectivity index (χ3v) is 6.70. The molecule has 0 N–H and O–H groups in total. The van der Waals surface area contributed by atoms with Gasteiger partial charge in [-0.3, -0.25) is 4.79 Å². The van der Waals surface area contributed by atoms with Crippen molar-refractivity contribution >= 4 is 5.97 Å². The first-order valence-electron chi connectivity index (χ1n) is 15.1. The summed E-state index contributed by atoms with van der Waals surface area (Å²) >= 11 is 0. The summed E-state index contributed by atoms with van der Waals surface area (Å²) in [7, 11) is 0. The molecule has 196 valence electrons. The van der Waals surface area contributed by atoms with Crippen LogP contribution in [-0.2, 0) is 9.53 Å². The smallest absolute Gasteiger partial charge is 0.306 e. The van der Waals surface area contributed by atoms with Gasteiger partial charge in [-0.25, -0.2) is 0 Å². The monoisotopic (exact) mass is 464 g/mol. The summed E-state index contributed by atoms with van der Waals surface area (Å²) in [6, 6.07) is 0. The van der Waals surface area contributed by atoms with E-state index in [0.29, 0.717) is 13.0 Å². The standard InChI is InChI=1S/C31H60O2/c1-3-5-7-9-10-11-12-13-14-15-16-17-18-19-20-21-22-23-24-25-26-27-29-31(32)33-30-28-8-6-4-2/h8,28H,3-7,9-27,29-30H2,1-2H3/b28-8+. The highest BCUT2D eigenvalue weighted by Crippen LogP contribution is 2.15. The quantitative estimate of drug-likeness (QED) is 0.0686. The van der Waals surface area contributed by atoms with Crippen molar-refractivity contribution in [2.24, 2.45) is 0 Å². The van der Waals surface area contributed by atoms with E-state index in [2.05, 4.69) is 19.9 Å². The minimum Gasteiger partial charge on any atom is -0.461 e. The van der Waals surface area contributed by atoms with Crippen LogP contribution in [0.3, 0.4) is 0 Å². The average Bonchev–Trinajstić information content (AvgIpc) is 2.82. The van der Waals surface area contributed by atoms with Crippen molar-refractivity contribution in [2.45, 2.75) is 174 Å². The second kappa shape index (κ2) is 29.2. The van der Waals surface area contributed by atoms with Crippen LogP contribution in [0.1, 0.15) is 174 Å². The molecular formula is C31H60O2. The van der Waals surface area contributed by atoms with E-state index in [1.807, 2.05) is 6.08 Å². The molecular weight excluding hydrogens is 404 g/mol. The number of carbonyl (C=O) groups is 1. The number of rotatable bonds is 27. The largest absolute Gasteiger partial charge is 0.461 e. The molecule has 0 radical (unpaired) electrons. The fraction of sp³-hybridized carbons (Fsp3) is 0.903. The van der Waals surface area contributed by atoms with Gasteiger partial charge in [0.2, 0.25) is 0 Å². The van der Waals surface area contributed by atoms with Gasteiger partial charge in [0.15, 0.2) is 0 Å². The highest BCUT2D eigenvalue weighted by molar-refractivity contribution is 5.69. The Hall–Kier alpha value is -0.790. The van der Waals surface area contributed by atoms with Gasteiger partial charge >= 0.3 is 5.97 Å². The lowest BCUT2D eigenvalue weighted by Crippen LogP contribution is -2.03. The van der Waals surface area contributed by atoms with E-state index < -0.39 is 0 Å². The summed E-state index contributed by atoms with van der Waals surface area (Å²) < 4.78 is 5.21. The van der Waals surface area contributed by atoms with Crippen LogP contribution in [0, 0.1) is 0 Å². The van der Waals surface area contributed by atoms with Crippen LogP contribution in [0.4, 0.5) is 0 Å². The Morgan fingerprint density at radius 1 is 0.485 bits per heavy atom. The van der Waals surface area contributed by atoms with E-state index in [4.69, 9.17) is 4.74 Å². The van der Waals surface area contributed by atoms with E-state index in [1.165, 1.54) is 135 Å². The molecule has 0 spiro atoms. The fourth-order valence-corrected chi connectivity index (χ4v) is 4.44. The molecule has 0 unspecified atom stereocenters. The first-order chi connectivity index (χ1) is 16.3. The molecule has 0 aromatic heterocycles. The van der Waals surface area contributed by atoms with Crippen molar-refractivity contribution in [1.29, 1.82) is 0 Å². The van der Waals surface area contributed by atoms with Gasteiger partial charge in [-0.05, 0) is 12.8 Å². The van der Waals surface area contributed by atoms with Crippen molar-refractivity contribution in [3.63, 3.8) is 0 Å². The number of hydrogen-bond acceptors (Lipinski definition) is 2. The summed E-state index contributed by atoms with van der Waals surface area (Å²) in [4.78, 5) is 11.6. The minimum absolute atomic E-state index is 0.0377. The molecule has 0 bridgehead atoms. The summed E-state index contributed by atoms with van der Waals surface area (Å²) in [5.74, 6) is -0.0377. The van der Waals surface area contributed by atoms with Crippen LogP contribution in [0.25, 0.3) is 0 Å². The zero-order valence-corrected chi connectivity index (χ0v) is 22.9. The number of carbonyl (C=O) groups excluding carboxylic acids is 1. The van der Waals surface area contributed by atoms with Crippen LogP contribution < -0.4 is 0 Å². The van der Waals surface area contributed by atoms with Gasteiger partial charge in [0, 0.05) is 6.42 Å². The molecule has 0 aromatic carbocycles. The Bertz CT molecular complexity index is 402. The Balaban J connectivity index is 3.11. The maximum Gasteiger partial charge on any atom is 0.306 e. The zero-order chi connectivity index (χ0) is 24.1. The zero-order valence-electron chi connectivity index (χ0n) is 22.9. The van der Waals surface area contributed by atoms with Crippen molar-refractivity contribution in [1.82, 2.24) is 0 Å². The fourth-order valence-electron chi connectivity index (χ4n) is 4.44. The molecule has 2 heteroatoms. The number of unbranched alkanes of at least 4 members (excludes halogenated alkanes) is 22. The predicted molar refractivity (Wildman–Crippen MR) is 147 cm³/mol. The number of allylic oxidation sites excluding steroid dienone is 1. The normalized spacial score (nSPS) is 11.5. The molecule has 0 saturated carbocycles. The number of esters is 1. The molecule has 0 aliphatic rings. The van der Waals surface area contributed by atoms with Gasteiger partial charge < -0.3 is 4.74 Å². The van der Waals surface area contributed by atoms with E-state index in [0.717, 1.165) is 19.3 Å². The Labute approximate surface area is 208 Å². The third-order valence-electron chi connectivity index (χ3n) is 6.70. The van der Waals surface area contributed by atoms with Crippen molar-refractivity contribution in [3.05, 3.63) is 12.2 Å². The van der Waals surface area contributed by atoms with Crippen LogP contribution in [0.15, 0.2) is 12.2 Å². The van der Waals surface area contributed by atoms with Crippen molar-refractivity contribution < 1.29 is 9.53 Å². The molecule has 0 aromatic rings. The Kier molecular flexibility index (Phi) is 28.5. The molecule has 2 nitrogen and oxygen atoms in total. The van der Waals surface area contributed by atoms with Gasteiger partial charge in [-0.1, -0.05) is 167 Å². The minimum atomic E-state index is -0.0377. The summed E-state index contributed by atoms with van der Waals surface area (Å²) in [6.45, 7) is 4.89. The van der Waals surface area contributed by atoms with Gasteiger partial charge in [-0.15, -0.1) is 0 Å². The molecule has 0 atom stereocenters. The molecule has 0 rings (SSSR count). The molecule has 33 heavy (non-hydrogen) atoms. The van der Waals surface area contributed by atoms with Gasteiger partial charge in [0.1, 0.15) is 6.61 Å². The molecule has 0 saturated heterocycles. The van der Waals surface area contributed by atoms with Crippen LogP contribution in [0.2, 0.25) is 0 Å². The lowest BCUT2D eigenvalue weighted by Gasteiger charge is -2.04. The lowest BCUT2D eigenvalue weighted by atomic mass is 10.0. The summed E-state index contributed by atoms with van der Waals surface area (Å²) in [5.41, 5.74) is 0. The summed E-state index contributed by atoms with van der Waals surface area (Å²) in [6.07, 6.45) is 37.5. The number of ether oxygens (including phenoxy) is 1.